The van der Waals surface area contributed by atoms with Crippen molar-refractivity contribution in [2.45, 2.75) is 12.8 Å². The van der Waals surface area contributed by atoms with E-state index in [2.05, 4.69) is 15.3 Å². The van der Waals surface area contributed by atoms with Crippen molar-refractivity contribution in [3.8, 4) is 0 Å². The van der Waals surface area contributed by atoms with Crippen LogP contribution in [0.2, 0.25) is 0 Å². The van der Waals surface area contributed by atoms with Gasteiger partial charge < -0.3 is 11.1 Å². The van der Waals surface area contributed by atoms with Crippen molar-refractivity contribution in [3.05, 3.63) is 42.6 Å². The molecular weight excluding hydrogens is 301 g/mol. The molecule has 23 heavy (non-hydrogen) atoms. The fraction of sp³-hybridized carbons (Fsp3) is 0.200. The van der Waals surface area contributed by atoms with Gasteiger partial charge in [-0.3, -0.25) is 19.5 Å². The van der Waals surface area contributed by atoms with Gasteiger partial charge in [-0.15, -0.1) is 0 Å². The number of nitrogen functional groups attached to an aromatic ring is 1. The van der Waals surface area contributed by atoms with Crippen molar-refractivity contribution >= 4 is 29.5 Å². The molecule has 0 atom stereocenters. The molecule has 7 nitrogen and oxygen atoms in total. The van der Waals surface area contributed by atoms with Crippen LogP contribution in [-0.2, 0) is 9.59 Å². The number of hydrogen-bond acceptors (Lipinski definition) is 5. The van der Waals surface area contributed by atoms with Crippen LogP contribution in [0.25, 0.3) is 0 Å². The zero-order valence-electron chi connectivity index (χ0n) is 12.3. The summed E-state index contributed by atoms with van der Waals surface area (Å²) in [6.07, 6.45) is 6.05. The highest BCUT2D eigenvalue weighted by molar-refractivity contribution is 5.94. The lowest BCUT2D eigenvalue weighted by molar-refractivity contribution is -0.117. The Morgan fingerprint density at radius 2 is 2.17 bits per heavy atom. The zero-order chi connectivity index (χ0) is 16.7. The predicted octanol–water partition coefficient (Wildman–Crippen LogP) is 1.58. The Kier molecular flexibility index (Phi) is 5.56. The van der Waals surface area contributed by atoms with Gasteiger partial charge in [0.1, 0.15) is 11.6 Å². The number of halogens is 1. The van der Waals surface area contributed by atoms with Gasteiger partial charge >= 0.3 is 0 Å². The molecule has 1 saturated heterocycles. The molecule has 1 aliphatic heterocycles. The minimum Gasteiger partial charge on any atom is -0.399 e. The third-order valence-electron chi connectivity index (χ3n) is 3.05. The minimum absolute atomic E-state index is 0.137. The van der Waals surface area contributed by atoms with Crippen molar-refractivity contribution in [1.29, 1.82) is 0 Å². The molecule has 0 spiro atoms. The Morgan fingerprint density at radius 1 is 1.35 bits per heavy atom. The molecule has 8 heteroatoms. The number of hydrogen-bond donors (Lipinski definition) is 2. The number of aromatic nitrogens is 2. The van der Waals surface area contributed by atoms with E-state index in [1.54, 1.807) is 23.2 Å². The molecule has 0 radical (unpaired) electrons. The maximum Gasteiger partial charge on any atom is 0.228 e. The van der Waals surface area contributed by atoms with E-state index in [-0.39, 0.29) is 5.91 Å². The van der Waals surface area contributed by atoms with Gasteiger partial charge in [0.05, 0.1) is 18.1 Å². The van der Waals surface area contributed by atoms with Crippen molar-refractivity contribution in [3.63, 3.8) is 0 Å². The second-order valence-electron chi connectivity index (χ2n) is 4.75. The number of nitrogens with two attached hydrogens (primary N) is 1. The summed E-state index contributed by atoms with van der Waals surface area (Å²) in [5.41, 5.74) is 6.59. The van der Waals surface area contributed by atoms with Gasteiger partial charge in [-0.1, -0.05) is 0 Å². The van der Waals surface area contributed by atoms with Crippen molar-refractivity contribution < 1.29 is 14.0 Å². The number of nitrogens with zero attached hydrogens (tertiary/aromatic N) is 3. The first-order chi connectivity index (χ1) is 11.1. The lowest BCUT2D eigenvalue weighted by Gasteiger charge is -2.13. The van der Waals surface area contributed by atoms with Crippen LogP contribution in [0.3, 0.4) is 0 Å². The Balaban J connectivity index is 0.000000174. The third kappa shape index (κ3) is 4.73. The molecule has 0 aromatic carbocycles. The fourth-order valence-electron chi connectivity index (χ4n) is 2.03. The normalized spacial score (nSPS) is 13.3. The summed E-state index contributed by atoms with van der Waals surface area (Å²) in [5, 5.41) is 2.27. The molecule has 0 aliphatic carbocycles. The van der Waals surface area contributed by atoms with E-state index >= 15 is 0 Å². The number of nitrogens with one attached hydrogen (secondary N) is 1. The molecule has 3 N–H and O–H groups in total. The number of pyridine rings is 2. The molecule has 0 saturated carbocycles. The van der Waals surface area contributed by atoms with Gasteiger partial charge in [0.25, 0.3) is 0 Å². The van der Waals surface area contributed by atoms with Crippen LogP contribution in [0.1, 0.15) is 12.8 Å². The van der Waals surface area contributed by atoms with E-state index in [0.717, 1.165) is 19.2 Å². The molecule has 0 unspecified atom stereocenters. The second-order valence-corrected chi connectivity index (χ2v) is 4.75. The summed E-state index contributed by atoms with van der Waals surface area (Å²) in [6, 6.07) is 4.62. The summed E-state index contributed by atoms with van der Waals surface area (Å²) in [4.78, 5) is 30.4. The Morgan fingerprint density at radius 3 is 2.78 bits per heavy atom. The lowest BCUT2D eigenvalue weighted by atomic mass is 10.4. The van der Waals surface area contributed by atoms with Crippen LogP contribution in [-0.4, -0.2) is 28.8 Å². The fourth-order valence-corrected chi connectivity index (χ4v) is 2.03. The molecule has 3 rings (SSSR count). The van der Waals surface area contributed by atoms with E-state index in [1.807, 2.05) is 0 Å². The number of carbonyl (C=O) groups is 2. The minimum atomic E-state index is -0.466. The maximum absolute atomic E-state index is 12.3. The zero-order valence-corrected chi connectivity index (χ0v) is 12.3. The van der Waals surface area contributed by atoms with Crippen LogP contribution in [0, 0.1) is 5.82 Å². The average molecular weight is 317 g/mol. The van der Waals surface area contributed by atoms with Crippen LogP contribution in [0.15, 0.2) is 36.8 Å². The van der Waals surface area contributed by atoms with Gasteiger partial charge in [-0.25, -0.2) is 9.37 Å². The first-order valence-electron chi connectivity index (χ1n) is 6.93. The predicted molar refractivity (Wildman–Crippen MR) is 84.1 cm³/mol. The quantitative estimate of drug-likeness (QED) is 0.837. The summed E-state index contributed by atoms with van der Waals surface area (Å²) in [5.74, 6) is 0.340. The Hall–Kier alpha value is -3.03. The van der Waals surface area contributed by atoms with Gasteiger partial charge in [0.15, 0.2) is 0 Å². The van der Waals surface area contributed by atoms with Crippen LogP contribution >= 0.6 is 0 Å². The summed E-state index contributed by atoms with van der Waals surface area (Å²) in [6.45, 7) is 0.759. The molecule has 3 heterocycles. The number of carbonyl (C=O) groups excluding carboxylic acids is 2. The molecule has 0 bridgehead atoms. The van der Waals surface area contributed by atoms with E-state index in [0.29, 0.717) is 30.0 Å². The molecular formula is C15H16FN5O2. The monoisotopic (exact) mass is 317 g/mol. The van der Waals surface area contributed by atoms with Crippen molar-refractivity contribution in [2.75, 3.05) is 22.5 Å². The van der Waals surface area contributed by atoms with Crippen LogP contribution < -0.4 is 16.0 Å². The van der Waals surface area contributed by atoms with Gasteiger partial charge in [-0.2, -0.15) is 0 Å². The summed E-state index contributed by atoms with van der Waals surface area (Å²) < 4.78 is 12.3. The number of anilines is 3. The molecule has 120 valence electrons. The van der Waals surface area contributed by atoms with E-state index < -0.39 is 5.82 Å². The summed E-state index contributed by atoms with van der Waals surface area (Å²) in [7, 11) is 0. The molecule has 2 amide bonds. The van der Waals surface area contributed by atoms with Gasteiger partial charge in [0.2, 0.25) is 12.3 Å². The first kappa shape index (κ1) is 16.3. The SMILES string of the molecule is Nc1ccnc(N2CCCC2=O)c1.O=CNc1cncc(F)c1. The van der Waals surface area contributed by atoms with E-state index in [9.17, 15) is 14.0 Å². The topological polar surface area (TPSA) is 101 Å². The third-order valence-corrected chi connectivity index (χ3v) is 3.05. The highest BCUT2D eigenvalue weighted by Crippen LogP contribution is 2.20. The van der Waals surface area contributed by atoms with Gasteiger partial charge in [-0.05, 0) is 12.5 Å². The number of rotatable bonds is 3. The second kappa shape index (κ2) is 7.83. The number of amides is 2. The lowest BCUT2D eigenvalue weighted by Crippen LogP contribution is -2.24. The highest BCUT2D eigenvalue weighted by atomic mass is 19.1. The van der Waals surface area contributed by atoms with E-state index in [1.165, 1.54) is 12.3 Å². The van der Waals surface area contributed by atoms with E-state index in [4.69, 9.17) is 5.73 Å². The van der Waals surface area contributed by atoms with Crippen LogP contribution in [0.4, 0.5) is 21.6 Å². The molecule has 2 aromatic rings. The standard InChI is InChI=1S/C9H11N3O.C6H5FN2O/c10-7-3-4-11-8(6-7)12-5-1-2-9(12)13;7-5-1-6(9-4-10)3-8-2-5/h3-4,6H,1-2,5H2,(H2,10,11);1-4H,(H,9,10). The smallest absolute Gasteiger partial charge is 0.228 e. The summed E-state index contributed by atoms with van der Waals surface area (Å²) >= 11 is 0. The Labute approximate surface area is 132 Å². The van der Waals surface area contributed by atoms with Crippen molar-refractivity contribution in [2.24, 2.45) is 0 Å². The Bertz CT molecular complexity index is 695. The largest absolute Gasteiger partial charge is 0.399 e. The highest BCUT2D eigenvalue weighted by Gasteiger charge is 2.22. The maximum atomic E-state index is 12.3. The van der Waals surface area contributed by atoms with Crippen molar-refractivity contribution in [1.82, 2.24) is 9.97 Å². The molecule has 1 aliphatic rings. The van der Waals surface area contributed by atoms with Crippen LogP contribution in [0.5, 0.6) is 0 Å². The first-order valence-corrected chi connectivity index (χ1v) is 6.93. The molecule has 1 fully saturated rings. The average Bonchev–Trinajstić information content (AvgIpc) is 2.94. The molecule has 2 aromatic heterocycles. The van der Waals surface area contributed by atoms with Gasteiger partial charge in [0, 0.05) is 37.0 Å².